The topological polar surface area (TPSA) is 78.4 Å². The summed E-state index contributed by atoms with van der Waals surface area (Å²) >= 11 is 1.68. The Kier molecular flexibility index (Phi) is 6.61. The number of hydrogen-bond donors (Lipinski definition) is 3. The highest BCUT2D eigenvalue weighted by Crippen LogP contribution is 2.12. The second kappa shape index (κ2) is 7.97. The summed E-state index contributed by atoms with van der Waals surface area (Å²) in [6, 6.07) is 0. The molecule has 6 nitrogen and oxygen atoms in total. The van der Waals surface area contributed by atoms with Crippen molar-refractivity contribution in [3.8, 4) is 0 Å². The number of carbonyl (C=O) groups excluding carboxylic acids is 1. The zero-order chi connectivity index (χ0) is 15.9. The molecule has 0 aliphatic rings. The van der Waals surface area contributed by atoms with Crippen molar-refractivity contribution < 1.29 is 4.79 Å². The molecule has 0 atom stereocenters. The van der Waals surface area contributed by atoms with Crippen LogP contribution in [0.1, 0.15) is 37.6 Å². The smallest absolute Gasteiger partial charge is 0.239 e. The van der Waals surface area contributed by atoms with Crippen LogP contribution < -0.4 is 16.0 Å². The maximum atomic E-state index is 11.7. The van der Waals surface area contributed by atoms with Gasteiger partial charge in [0, 0.05) is 23.7 Å². The number of carbonyl (C=O) groups is 1. The fraction of sp³-hybridized carbons (Fsp3) is 0.643. The van der Waals surface area contributed by atoms with Crippen molar-refractivity contribution in [2.24, 2.45) is 4.99 Å². The summed E-state index contributed by atoms with van der Waals surface area (Å²) in [5.41, 5.74) is -0.229. The summed E-state index contributed by atoms with van der Waals surface area (Å²) < 4.78 is 0. The molecule has 0 spiro atoms. The second-order valence-corrected chi connectivity index (χ2v) is 6.85. The van der Waals surface area contributed by atoms with E-state index in [4.69, 9.17) is 0 Å². The molecule has 0 aromatic carbocycles. The van der Waals surface area contributed by atoms with Crippen LogP contribution in [0.3, 0.4) is 0 Å². The summed E-state index contributed by atoms with van der Waals surface area (Å²) in [7, 11) is 1.68. The number of nitrogens with one attached hydrogen (secondary N) is 3. The number of amides is 1. The van der Waals surface area contributed by atoms with Crippen molar-refractivity contribution in [2.45, 2.75) is 46.2 Å². The standard InChI is InChI=1S/C14H25N5OS/c1-6-10-7-16-12(21-10)9-18-13(15-5)17-8-11(20)19-14(2,3)4/h7H,6,8-9H2,1-5H3,(H,19,20)(H2,15,17,18). The molecule has 3 N–H and O–H groups in total. The predicted molar refractivity (Wildman–Crippen MR) is 87.6 cm³/mol. The van der Waals surface area contributed by atoms with Crippen LogP contribution in [-0.2, 0) is 17.8 Å². The highest BCUT2D eigenvalue weighted by Gasteiger charge is 2.13. The molecule has 0 aliphatic heterocycles. The summed E-state index contributed by atoms with van der Waals surface area (Å²) in [4.78, 5) is 21.4. The molecule has 0 fully saturated rings. The van der Waals surface area contributed by atoms with E-state index < -0.39 is 0 Å². The van der Waals surface area contributed by atoms with E-state index in [2.05, 4.69) is 32.9 Å². The Morgan fingerprint density at radius 3 is 2.62 bits per heavy atom. The van der Waals surface area contributed by atoms with Crippen molar-refractivity contribution in [3.05, 3.63) is 16.1 Å². The third kappa shape index (κ3) is 7.08. The van der Waals surface area contributed by atoms with Crippen LogP contribution in [0, 0.1) is 0 Å². The van der Waals surface area contributed by atoms with Crippen LogP contribution in [-0.4, -0.2) is 36.0 Å². The zero-order valence-electron chi connectivity index (χ0n) is 13.4. The number of guanidine groups is 1. The molecule has 0 saturated carbocycles. The first-order chi connectivity index (χ1) is 9.84. The van der Waals surface area contributed by atoms with Crippen LogP contribution in [0.2, 0.25) is 0 Å². The molecule has 1 aromatic heterocycles. The SMILES string of the molecule is CCc1cnc(CNC(=NC)NCC(=O)NC(C)(C)C)s1. The number of rotatable bonds is 5. The van der Waals surface area contributed by atoms with E-state index in [1.807, 2.05) is 27.0 Å². The van der Waals surface area contributed by atoms with Crippen molar-refractivity contribution >= 4 is 23.2 Å². The third-order valence-electron chi connectivity index (χ3n) is 2.51. The highest BCUT2D eigenvalue weighted by atomic mass is 32.1. The molecule has 21 heavy (non-hydrogen) atoms. The van der Waals surface area contributed by atoms with Gasteiger partial charge in [0.2, 0.25) is 5.91 Å². The first kappa shape index (κ1) is 17.4. The molecule has 0 saturated heterocycles. The van der Waals surface area contributed by atoms with Gasteiger partial charge in [-0.15, -0.1) is 11.3 Å². The molecule has 1 heterocycles. The number of aryl methyl sites for hydroxylation is 1. The first-order valence-corrected chi connectivity index (χ1v) is 7.85. The first-order valence-electron chi connectivity index (χ1n) is 7.03. The number of hydrogen-bond acceptors (Lipinski definition) is 4. The van der Waals surface area contributed by atoms with Gasteiger partial charge in [0.1, 0.15) is 5.01 Å². The Morgan fingerprint density at radius 1 is 1.38 bits per heavy atom. The van der Waals surface area contributed by atoms with Gasteiger partial charge in [0.15, 0.2) is 5.96 Å². The Bertz CT molecular complexity index is 490. The van der Waals surface area contributed by atoms with E-state index in [9.17, 15) is 4.79 Å². The van der Waals surface area contributed by atoms with Crippen LogP contribution in [0.25, 0.3) is 0 Å². The summed E-state index contributed by atoms with van der Waals surface area (Å²) in [5.74, 6) is 0.528. The van der Waals surface area contributed by atoms with Gasteiger partial charge < -0.3 is 16.0 Å². The van der Waals surface area contributed by atoms with E-state index in [1.54, 1.807) is 18.4 Å². The number of aliphatic imine (C=N–C) groups is 1. The van der Waals surface area contributed by atoms with Crippen LogP contribution in [0.4, 0.5) is 0 Å². The molecular weight excluding hydrogens is 286 g/mol. The molecule has 0 unspecified atom stereocenters. The van der Waals surface area contributed by atoms with Gasteiger partial charge in [-0.1, -0.05) is 6.92 Å². The van der Waals surface area contributed by atoms with Crippen LogP contribution in [0.5, 0.6) is 0 Å². The minimum absolute atomic E-state index is 0.0621. The average molecular weight is 311 g/mol. The van der Waals surface area contributed by atoms with Gasteiger partial charge in [-0.2, -0.15) is 0 Å². The quantitative estimate of drug-likeness (QED) is 0.565. The van der Waals surface area contributed by atoms with E-state index in [0.29, 0.717) is 12.5 Å². The van der Waals surface area contributed by atoms with Gasteiger partial charge in [-0.3, -0.25) is 9.79 Å². The Hall–Kier alpha value is -1.63. The second-order valence-electron chi connectivity index (χ2n) is 5.65. The molecule has 0 bridgehead atoms. The van der Waals surface area contributed by atoms with Gasteiger partial charge in [-0.25, -0.2) is 4.98 Å². The molecule has 1 aromatic rings. The molecule has 1 amide bonds. The number of nitrogens with zero attached hydrogens (tertiary/aromatic N) is 2. The Labute approximate surface area is 130 Å². The molecular formula is C14H25N5OS. The normalized spacial score (nSPS) is 12.1. The van der Waals surface area contributed by atoms with Crippen molar-refractivity contribution in [2.75, 3.05) is 13.6 Å². The van der Waals surface area contributed by atoms with E-state index in [-0.39, 0.29) is 18.0 Å². The van der Waals surface area contributed by atoms with Crippen LogP contribution in [0.15, 0.2) is 11.2 Å². The molecule has 0 radical (unpaired) electrons. The predicted octanol–water partition coefficient (Wildman–Crippen LogP) is 1.29. The van der Waals surface area contributed by atoms with E-state index in [0.717, 1.165) is 11.4 Å². The van der Waals surface area contributed by atoms with E-state index in [1.165, 1.54) is 4.88 Å². The fourth-order valence-electron chi connectivity index (χ4n) is 1.60. The summed E-state index contributed by atoms with van der Waals surface area (Å²) in [5, 5.41) is 10.0. The lowest BCUT2D eigenvalue weighted by molar-refractivity contribution is -0.121. The fourth-order valence-corrected chi connectivity index (χ4v) is 2.40. The number of thiazole rings is 1. The van der Waals surface area contributed by atoms with Crippen LogP contribution >= 0.6 is 11.3 Å². The third-order valence-corrected chi connectivity index (χ3v) is 3.65. The maximum absolute atomic E-state index is 11.7. The lowest BCUT2D eigenvalue weighted by Gasteiger charge is -2.21. The number of aromatic nitrogens is 1. The minimum Gasteiger partial charge on any atom is -0.350 e. The average Bonchev–Trinajstić information content (AvgIpc) is 2.85. The zero-order valence-corrected chi connectivity index (χ0v) is 14.2. The van der Waals surface area contributed by atoms with Gasteiger partial charge >= 0.3 is 0 Å². The van der Waals surface area contributed by atoms with Gasteiger partial charge in [-0.05, 0) is 27.2 Å². The highest BCUT2D eigenvalue weighted by molar-refractivity contribution is 7.11. The lowest BCUT2D eigenvalue weighted by Crippen LogP contribution is -2.48. The lowest BCUT2D eigenvalue weighted by atomic mass is 10.1. The Morgan fingerprint density at radius 2 is 2.10 bits per heavy atom. The van der Waals surface area contributed by atoms with Crippen molar-refractivity contribution in [3.63, 3.8) is 0 Å². The monoisotopic (exact) mass is 311 g/mol. The van der Waals surface area contributed by atoms with Gasteiger partial charge in [0.05, 0.1) is 13.1 Å². The van der Waals surface area contributed by atoms with Gasteiger partial charge in [0.25, 0.3) is 0 Å². The molecule has 0 aliphatic carbocycles. The Balaban J connectivity index is 2.37. The van der Waals surface area contributed by atoms with Crippen molar-refractivity contribution in [1.82, 2.24) is 20.9 Å². The van der Waals surface area contributed by atoms with Crippen molar-refractivity contribution in [1.29, 1.82) is 0 Å². The largest absolute Gasteiger partial charge is 0.350 e. The summed E-state index contributed by atoms with van der Waals surface area (Å²) in [6.07, 6.45) is 2.90. The molecule has 7 heteroatoms. The molecule has 118 valence electrons. The van der Waals surface area contributed by atoms with E-state index >= 15 is 0 Å². The maximum Gasteiger partial charge on any atom is 0.239 e. The minimum atomic E-state index is -0.229. The summed E-state index contributed by atoms with van der Waals surface area (Å²) in [6.45, 7) is 8.75. The molecule has 1 rings (SSSR count).